The van der Waals surface area contributed by atoms with E-state index in [1.54, 1.807) is 7.05 Å². The molecule has 1 aromatic rings. The van der Waals surface area contributed by atoms with Crippen molar-refractivity contribution in [1.82, 2.24) is 4.57 Å². The summed E-state index contributed by atoms with van der Waals surface area (Å²) in [4.78, 5) is 11.8. The number of nitrogens with zero attached hydrogens (tertiary/aromatic N) is 1. The molecule has 0 radical (unpaired) electrons. The number of esters is 1. The van der Waals surface area contributed by atoms with Crippen molar-refractivity contribution < 1.29 is 17.9 Å². The van der Waals surface area contributed by atoms with E-state index in [1.165, 1.54) is 29.7 Å². The van der Waals surface area contributed by atoms with Gasteiger partial charge in [0, 0.05) is 23.9 Å². The number of hydrogen-bond donors (Lipinski definition) is 0. The second-order valence-corrected chi connectivity index (χ2v) is 7.42. The topological polar surface area (TPSA) is 65.4 Å². The van der Waals surface area contributed by atoms with Crippen molar-refractivity contribution in [2.45, 2.75) is 30.6 Å². The molecule has 0 unspecified atom stereocenters. The van der Waals surface area contributed by atoms with Crippen molar-refractivity contribution in [3.8, 4) is 0 Å². The molecule has 1 aliphatic carbocycles. The molecule has 106 valence electrons. The zero-order chi connectivity index (χ0) is 14.0. The standard InChI is InChI=1S/C12H16ClNO4S/c1-14-7-10(19(13,16)17)6-11(14)12(15)18-8-9-4-2-3-5-9/h6-7,9H,2-5,8H2,1H3. The minimum atomic E-state index is -3.82. The number of carbonyl (C=O) groups excluding carboxylic acids is 1. The second kappa shape index (κ2) is 5.54. The van der Waals surface area contributed by atoms with Crippen LogP contribution in [0.25, 0.3) is 0 Å². The first-order valence-electron chi connectivity index (χ1n) is 6.16. The highest BCUT2D eigenvalue weighted by Gasteiger charge is 2.21. The van der Waals surface area contributed by atoms with E-state index in [0.29, 0.717) is 12.5 Å². The lowest BCUT2D eigenvalue weighted by Gasteiger charge is -2.10. The molecule has 0 bridgehead atoms. The fraction of sp³-hybridized carbons (Fsp3) is 0.583. The van der Waals surface area contributed by atoms with E-state index in [2.05, 4.69) is 0 Å². The summed E-state index contributed by atoms with van der Waals surface area (Å²) in [5.74, 6) is -0.0820. The van der Waals surface area contributed by atoms with Gasteiger partial charge in [0.25, 0.3) is 9.05 Å². The summed E-state index contributed by atoms with van der Waals surface area (Å²) in [7, 11) is 2.99. The molecule has 1 aliphatic rings. The summed E-state index contributed by atoms with van der Waals surface area (Å²) in [6.45, 7) is 0.396. The Bertz CT molecular complexity index is 573. The first-order valence-corrected chi connectivity index (χ1v) is 8.47. The highest BCUT2D eigenvalue weighted by Crippen LogP contribution is 2.25. The largest absolute Gasteiger partial charge is 0.461 e. The van der Waals surface area contributed by atoms with Crippen molar-refractivity contribution in [3.63, 3.8) is 0 Å². The molecule has 2 rings (SSSR count). The molecule has 5 nitrogen and oxygen atoms in total. The van der Waals surface area contributed by atoms with Crippen LogP contribution in [-0.2, 0) is 20.8 Å². The average Bonchev–Trinajstić information content (AvgIpc) is 2.93. The molecule has 0 atom stereocenters. The summed E-state index contributed by atoms with van der Waals surface area (Å²) in [6, 6.07) is 1.24. The van der Waals surface area contributed by atoms with Crippen molar-refractivity contribution in [1.29, 1.82) is 0 Å². The molecule has 0 spiro atoms. The Morgan fingerprint density at radius 2 is 2.11 bits per heavy atom. The first kappa shape index (κ1) is 14.4. The van der Waals surface area contributed by atoms with Gasteiger partial charge in [0.15, 0.2) is 0 Å². The fourth-order valence-electron chi connectivity index (χ4n) is 2.32. The zero-order valence-corrected chi connectivity index (χ0v) is 12.2. The number of carbonyl (C=O) groups is 1. The van der Waals surface area contributed by atoms with Crippen LogP contribution in [0.2, 0.25) is 0 Å². The summed E-state index contributed by atoms with van der Waals surface area (Å²) < 4.78 is 29.0. The lowest BCUT2D eigenvalue weighted by Crippen LogP contribution is -2.14. The Labute approximate surface area is 116 Å². The van der Waals surface area contributed by atoms with Gasteiger partial charge in [0.1, 0.15) is 10.6 Å². The number of rotatable bonds is 4. The smallest absolute Gasteiger partial charge is 0.354 e. The average molecular weight is 306 g/mol. The predicted octanol–water partition coefficient (Wildman–Crippen LogP) is 2.30. The normalized spacial score (nSPS) is 16.7. The lowest BCUT2D eigenvalue weighted by atomic mass is 10.1. The van der Waals surface area contributed by atoms with Gasteiger partial charge in [-0.1, -0.05) is 12.8 Å². The molecular formula is C12H16ClNO4S. The molecule has 0 aliphatic heterocycles. The minimum Gasteiger partial charge on any atom is -0.461 e. The number of halogens is 1. The molecule has 1 heterocycles. The van der Waals surface area contributed by atoms with Crippen LogP contribution in [0.5, 0.6) is 0 Å². The van der Waals surface area contributed by atoms with Crippen molar-refractivity contribution in [3.05, 3.63) is 18.0 Å². The maximum atomic E-state index is 11.9. The van der Waals surface area contributed by atoms with Crippen LogP contribution in [0.1, 0.15) is 36.2 Å². The lowest BCUT2D eigenvalue weighted by molar-refractivity contribution is 0.0431. The van der Waals surface area contributed by atoms with Gasteiger partial charge in [-0.15, -0.1) is 0 Å². The van der Waals surface area contributed by atoms with Gasteiger partial charge in [-0.3, -0.25) is 0 Å². The zero-order valence-electron chi connectivity index (χ0n) is 10.6. The Kier molecular flexibility index (Phi) is 4.20. The molecule has 1 aromatic heterocycles. The fourth-order valence-corrected chi connectivity index (χ4v) is 3.10. The monoisotopic (exact) mass is 305 g/mol. The van der Waals surface area contributed by atoms with E-state index in [9.17, 15) is 13.2 Å². The van der Waals surface area contributed by atoms with Crippen molar-refractivity contribution in [2.24, 2.45) is 13.0 Å². The summed E-state index contributed by atoms with van der Waals surface area (Å²) in [6.07, 6.45) is 5.83. The van der Waals surface area contributed by atoms with E-state index < -0.39 is 15.0 Å². The van der Waals surface area contributed by atoms with Crippen LogP contribution < -0.4 is 0 Å². The maximum Gasteiger partial charge on any atom is 0.354 e. The molecule has 0 aromatic carbocycles. The van der Waals surface area contributed by atoms with Crippen LogP contribution in [0, 0.1) is 5.92 Å². The Hall–Kier alpha value is -1.01. The summed E-state index contributed by atoms with van der Waals surface area (Å²) in [5.41, 5.74) is 0.192. The molecule has 1 saturated carbocycles. The Balaban J connectivity index is 2.04. The SMILES string of the molecule is Cn1cc(S(=O)(=O)Cl)cc1C(=O)OCC1CCCC1. The van der Waals surface area contributed by atoms with Gasteiger partial charge < -0.3 is 9.30 Å². The van der Waals surface area contributed by atoms with Crippen LogP contribution >= 0.6 is 10.7 Å². The Morgan fingerprint density at radius 1 is 1.47 bits per heavy atom. The third kappa shape index (κ3) is 3.51. The number of ether oxygens (including phenoxy) is 1. The highest BCUT2D eigenvalue weighted by molar-refractivity contribution is 8.13. The summed E-state index contributed by atoms with van der Waals surface area (Å²) >= 11 is 0. The van der Waals surface area contributed by atoms with Gasteiger partial charge in [0.2, 0.25) is 0 Å². The molecule has 0 amide bonds. The van der Waals surface area contributed by atoms with E-state index in [4.69, 9.17) is 15.4 Å². The maximum absolute atomic E-state index is 11.9. The number of aryl methyl sites for hydroxylation is 1. The summed E-state index contributed by atoms with van der Waals surface area (Å²) in [5, 5.41) is 0. The van der Waals surface area contributed by atoms with Gasteiger partial charge in [-0.25, -0.2) is 13.2 Å². The van der Waals surface area contributed by atoms with E-state index >= 15 is 0 Å². The van der Waals surface area contributed by atoms with Crippen LogP contribution in [-0.4, -0.2) is 25.6 Å². The van der Waals surface area contributed by atoms with E-state index in [-0.39, 0.29) is 10.6 Å². The highest BCUT2D eigenvalue weighted by atomic mass is 35.7. The molecule has 7 heteroatoms. The van der Waals surface area contributed by atoms with Crippen molar-refractivity contribution >= 4 is 25.7 Å². The van der Waals surface area contributed by atoms with Crippen LogP contribution in [0.3, 0.4) is 0 Å². The third-order valence-corrected chi connectivity index (χ3v) is 4.72. The number of aromatic nitrogens is 1. The van der Waals surface area contributed by atoms with E-state index in [0.717, 1.165) is 12.8 Å². The number of hydrogen-bond acceptors (Lipinski definition) is 4. The van der Waals surface area contributed by atoms with Gasteiger partial charge in [-0.2, -0.15) is 0 Å². The molecule has 19 heavy (non-hydrogen) atoms. The molecule has 0 saturated heterocycles. The van der Waals surface area contributed by atoms with Crippen LogP contribution in [0.15, 0.2) is 17.2 Å². The van der Waals surface area contributed by atoms with Crippen LogP contribution in [0.4, 0.5) is 0 Å². The molecule has 0 N–H and O–H groups in total. The quantitative estimate of drug-likeness (QED) is 0.632. The minimum absolute atomic E-state index is 0.0931. The van der Waals surface area contributed by atoms with Gasteiger partial charge in [0.05, 0.1) is 6.61 Å². The van der Waals surface area contributed by atoms with Gasteiger partial charge >= 0.3 is 5.97 Å². The predicted molar refractivity (Wildman–Crippen MR) is 70.7 cm³/mol. The van der Waals surface area contributed by atoms with Gasteiger partial charge in [-0.05, 0) is 24.8 Å². The molecule has 1 fully saturated rings. The Morgan fingerprint density at radius 3 is 2.63 bits per heavy atom. The second-order valence-electron chi connectivity index (χ2n) is 4.86. The van der Waals surface area contributed by atoms with E-state index in [1.807, 2.05) is 0 Å². The third-order valence-electron chi connectivity index (χ3n) is 3.40. The first-order chi connectivity index (χ1) is 8.88. The van der Waals surface area contributed by atoms with Crippen molar-refractivity contribution in [2.75, 3.05) is 6.61 Å². The molecular weight excluding hydrogens is 290 g/mol.